The van der Waals surface area contributed by atoms with E-state index in [1.54, 1.807) is 14.0 Å². The van der Waals surface area contributed by atoms with Crippen molar-refractivity contribution in [3.63, 3.8) is 0 Å². The van der Waals surface area contributed by atoms with Crippen molar-refractivity contribution in [1.82, 2.24) is 9.97 Å². The summed E-state index contributed by atoms with van der Waals surface area (Å²) in [5.41, 5.74) is 6.08. The van der Waals surface area contributed by atoms with Crippen LogP contribution >= 0.6 is 11.8 Å². The molecule has 0 aliphatic carbocycles. The summed E-state index contributed by atoms with van der Waals surface area (Å²) in [6.45, 7) is 1.74. The largest absolute Gasteiger partial charge is 0.372 e. The second kappa shape index (κ2) is 5.22. The summed E-state index contributed by atoms with van der Waals surface area (Å²) >= 11 is 1.26. The van der Waals surface area contributed by atoms with Gasteiger partial charge >= 0.3 is 0 Å². The first-order chi connectivity index (χ1) is 8.61. The van der Waals surface area contributed by atoms with Gasteiger partial charge in [-0.3, -0.25) is 4.79 Å². The van der Waals surface area contributed by atoms with Crippen LogP contribution in [0, 0.1) is 0 Å². The van der Waals surface area contributed by atoms with E-state index < -0.39 is 0 Å². The van der Waals surface area contributed by atoms with Gasteiger partial charge in [0, 0.05) is 12.4 Å². The molecule has 6 heteroatoms. The molecule has 0 fully saturated rings. The van der Waals surface area contributed by atoms with Crippen LogP contribution in [0.3, 0.4) is 0 Å². The van der Waals surface area contributed by atoms with Gasteiger partial charge in [0.1, 0.15) is 5.82 Å². The first-order valence-electron chi connectivity index (χ1n) is 5.52. The molecule has 0 radical (unpaired) electrons. The van der Waals surface area contributed by atoms with Crippen LogP contribution in [-0.2, 0) is 4.79 Å². The summed E-state index contributed by atoms with van der Waals surface area (Å²) < 4.78 is 0. The lowest BCUT2D eigenvalue weighted by atomic mass is 10.2. The fourth-order valence-electron chi connectivity index (χ4n) is 1.51. The number of hydrogen-bond acceptors (Lipinski definition) is 5. The topological polar surface area (TPSA) is 80.9 Å². The summed E-state index contributed by atoms with van der Waals surface area (Å²) in [5, 5.41) is 4.18. The fourth-order valence-corrected chi connectivity index (χ4v) is 2.24. The number of benzene rings is 1. The molecule has 1 amide bonds. The van der Waals surface area contributed by atoms with Crippen molar-refractivity contribution >= 4 is 34.4 Å². The van der Waals surface area contributed by atoms with Gasteiger partial charge in [0.25, 0.3) is 0 Å². The van der Waals surface area contributed by atoms with Crippen LogP contribution in [-0.4, -0.2) is 28.2 Å². The van der Waals surface area contributed by atoms with Crippen LogP contribution < -0.4 is 11.1 Å². The minimum Gasteiger partial charge on any atom is -0.372 e. The number of hydrogen-bond donors (Lipinski definition) is 2. The highest BCUT2D eigenvalue weighted by Crippen LogP contribution is 2.26. The van der Waals surface area contributed by atoms with E-state index in [1.165, 1.54) is 11.8 Å². The summed E-state index contributed by atoms with van der Waals surface area (Å²) in [6.07, 6.45) is 0. The second-order valence-corrected chi connectivity index (χ2v) is 5.09. The van der Waals surface area contributed by atoms with Gasteiger partial charge in [-0.2, -0.15) is 0 Å². The van der Waals surface area contributed by atoms with Gasteiger partial charge in [0.15, 0.2) is 5.16 Å². The lowest BCUT2D eigenvalue weighted by molar-refractivity contribution is -0.117. The Bertz CT molecular complexity index is 587. The molecule has 5 nitrogen and oxygen atoms in total. The van der Waals surface area contributed by atoms with E-state index in [0.29, 0.717) is 5.16 Å². The quantitative estimate of drug-likeness (QED) is 0.646. The van der Waals surface area contributed by atoms with Crippen LogP contribution in [0.2, 0.25) is 0 Å². The number of nitrogens with one attached hydrogen (secondary N) is 1. The molecule has 0 saturated carbocycles. The molecule has 0 saturated heterocycles. The summed E-state index contributed by atoms with van der Waals surface area (Å²) in [5.74, 6) is 0.377. The Labute approximate surface area is 109 Å². The third-order valence-corrected chi connectivity index (χ3v) is 3.48. The smallest absolute Gasteiger partial charge is 0.230 e. The third-order valence-electron chi connectivity index (χ3n) is 2.50. The van der Waals surface area contributed by atoms with Crippen LogP contribution in [0.25, 0.3) is 10.9 Å². The van der Waals surface area contributed by atoms with Crippen molar-refractivity contribution in [3.05, 3.63) is 24.3 Å². The molecule has 94 valence electrons. The average Bonchev–Trinajstić information content (AvgIpc) is 2.37. The maximum atomic E-state index is 11.1. The predicted molar refractivity (Wildman–Crippen MR) is 73.6 cm³/mol. The maximum absolute atomic E-state index is 11.1. The van der Waals surface area contributed by atoms with Crippen molar-refractivity contribution in [2.75, 3.05) is 12.4 Å². The zero-order chi connectivity index (χ0) is 13.1. The van der Waals surface area contributed by atoms with Crippen molar-refractivity contribution in [2.45, 2.75) is 17.3 Å². The maximum Gasteiger partial charge on any atom is 0.230 e. The Kier molecular flexibility index (Phi) is 3.66. The first-order valence-corrected chi connectivity index (χ1v) is 6.40. The molecule has 1 atom stereocenters. The number of nitrogens with zero attached hydrogens (tertiary/aromatic N) is 2. The Morgan fingerprint density at radius 1 is 1.39 bits per heavy atom. The highest BCUT2D eigenvalue weighted by molar-refractivity contribution is 8.00. The summed E-state index contributed by atoms with van der Waals surface area (Å²) in [4.78, 5) is 19.8. The van der Waals surface area contributed by atoms with E-state index in [0.717, 1.165) is 16.7 Å². The summed E-state index contributed by atoms with van der Waals surface area (Å²) in [7, 11) is 1.81. The molecular weight excluding hydrogens is 248 g/mol. The summed E-state index contributed by atoms with van der Waals surface area (Å²) in [6, 6.07) is 7.72. The van der Waals surface area contributed by atoms with Crippen molar-refractivity contribution in [1.29, 1.82) is 0 Å². The molecule has 1 aromatic carbocycles. The molecule has 18 heavy (non-hydrogen) atoms. The van der Waals surface area contributed by atoms with E-state index in [1.807, 2.05) is 24.3 Å². The molecule has 0 bridgehead atoms. The predicted octanol–water partition coefficient (Wildman–Crippen LogP) is 1.64. The van der Waals surface area contributed by atoms with Gasteiger partial charge < -0.3 is 11.1 Å². The van der Waals surface area contributed by atoms with E-state index in [4.69, 9.17) is 5.73 Å². The van der Waals surface area contributed by atoms with Crippen LogP contribution in [0.15, 0.2) is 29.4 Å². The molecule has 2 aromatic rings. The van der Waals surface area contributed by atoms with E-state index in [-0.39, 0.29) is 11.2 Å². The Morgan fingerprint density at radius 3 is 2.78 bits per heavy atom. The van der Waals surface area contributed by atoms with Gasteiger partial charge in [-0.25, -0.2) is 9.97 Å². The SMILES string of the molecule is CNc1nc(SC(C)C(N)=O)nc2ccccc12. The highest BCUT2D eigenvalue weighted by Gasteiger charge is 2.14. The normalized spacial score (nSPS) is 12.3. The zero-order valence-corrected chi connectivity index (χ0v) is 11.0. The van der Waals surface area contributed by atoms with E-state index in [2.05, 4.69) is 15.3 Å². The van der Waals surface area contributed by atoms with Crippen LogP contribution in [0.4, 0.5) is 5.82 Å². The lowest BCUT2D eigenvalue weighted by Crippen LogP contribution is -2.22. The monoisotopic (exact) mass is 262 g/mol. The molecule has 0 spiro atoms. The van der Waals surface area contributed by atoms with Gasteiger partial charge in [-0.05, 0) is 19.1 Å². The minimum absolute atomic E-state index is 0.351. The number of anilines is 1. The fraction of sp³-hybridized carbons (Fsp3) is 0.250. The van der Waals surface area contributed by atoms with Gasteiger partial charge in [-0.1, -0.05) is 23.9 Å². The number of thioether (sulfide) groups is 1. The Hall–Kier alpha value is -1.82. The zero-order valence-electron chi connectivity index (χ0n) is 10.2. The molecule has 1 aromatic heterocycles. The van der Waals surface area contributed by atoms with Crippen LogP contribution in [0.5, 0.6) is 0 Å². The third kappa shape index (κ3) is 2.53. The first kappa shape index (κ1) is 12.6. The number of carbonyl (C=O) groups is 1. The minimum atomic E-state index is -0.372. The second-order valence-electron chi connectivity index (χ2n) is 3.78. The Balaban J connectivity index is 2.44. The lowest BCUT2D eigenvalue weighted by Gasteiger charge is -2.09. The standard InChI is InChI=1S/C12H14N4OS/c1-7(10(13)17)18-12-15-9-6-4-3-5-8(9)11(14-2)16-12/h3-7H,1-2H3,(H2,13,17)(H,14,15,16). The molecule has 3 N–H and O–H groups in total. The average molecular weight is 262 g/mol. The number of amides is 1. The van der Waals surface area contributed by atoms with Gasteiger partial charge in [0.2, 0.25) is 5.91 Å². The Morgan fingerprint density at radius 2 is 2.11 bits per heavy atom. The van der Waals surface area contributed by atoms with E-state index >= 15 is 0 Å². The van der Waals surface area contributed by atoms with Crippen molar-refractivity contribution in [2.24, 2.45) is 5.73 Å². The number of primary amides is 1. The van der Waals surface area contributed by atoms with Crippen molar-refractivity contribution in [3.8, 4) is 0 Å². The highest BCUT2D eigenvalue weighted by atomic mass is 32.2. The molecule has 1 heterocycles. The van der Waals surface area contributed by atoms with E-state index in [9.17, 15) is 4.79 Å². The number of carbonyl (C=O) groups excluding carboxylic acids is 1. The molecule has 0 aliphatic heterocycles. The van der Waals surface area contributed by atoms with Gasteiger partial charge in [-0.15, -0.1) is 0 Å². The number of rotatable bonds is 4. The molecular formula is C12H14N4OS. The van der Waals surface area contributed by atoms with Crippen molar-refractivity contribution < 1.29 is 4.79 Å². The number of para-hydroxylation sites is 1. The van der Waals surface area contributed by atoms with Gasteiger partial charge in [0.05, 0.1) is 10.8 Å². The number of fused-ring (bicyclic) bond motifs is 1. The molecule has 2 rings (SSSR count). The van der Waals surface area contributed by atoms with Crippen LogP contribution in [0.1, 0.15) is 6.92 Å². The molecule has 1 unspecified atom stereocenters. The molecule has 0 aliphatic rings. The number of aromatic nitrogens is 2. The number of nitrogens with two attached hydrogens (primary N) is 1.